The van der Waals surface area contributed by atoms with Crippen molar-refractivity contribution in [3.8, 4) is 22.7 Å². The molecule has 6 heteroatoms. The molecule has 0 aliphatic carbocycles. The number of nitrogens with zero attached hydrogens (tertiary/aromatic N) is 3. The highest BCUT2D eigenvalue weighted by Gasteiger charge is 2.27. The van der Waals surface area contributed by atoms with Crippen LogP contribution in [-0.2, 0) is 17.8 Å². The second-order valence-electron chi connectivity index (χ2n) is 8.04. The standard InChI is InChI=1S/C26H32N3O2.BrH/c1-4-26(30)27(3)21-12-10-20(11-13-21)24-19-29(25-9-7-6-8-18-28(24)25)22-14-16-23(17-15-22)31-5-2;/h10-17,19H,4-9,18H2,1-3H3;1H/q+1;/p-1. The molecule has 2 heterocycles. The smallest absolute Gasteiger partial charge is 0.262 e. The number of ether oxygens (including phenoxy) is 1. The van der Waals surface area contributed by atoms with Crippen LogP contribution in [0.15, 0.2) is 54.7 Å². The van der Waals surface area contributed by atoms with Gasteiger partial charge in [-0.3, -0.25) is 4.79 Å². The van der Waals surface area contributed by atoms with Crippen molar-refractivity contribution in [3.63, 3.8) is 0 Å². The fraction of sp³-hybridized carbons (Fsp3) is 0.385. The lowest BCUT2D eigenvalue weighted by Gasteiger charge is -2.16. The average molecular weight is 498 g/mol. The summed E-state index contributed by atoms with van der Waals surface area (Å²) in [6.07, 6.45) is 7.50. The summed E-state index contributed by atoms with van der Waals surface area (Å²) in [5.74, 6) is 2.37. The maximum absolute atomic E-state index is 12.0. The first-order valence-corrected chi connectivity index (χ1v) is 11.4. The van der Waals surface area contributed by atoms with Gasteiger partial charge in [-0.1, -0.05) is 6.92 Å². The molecule has 0 saturated carbocycles. The summed E-state index contributed by atoms with van der Waals surface area (Å²) >= 11 is 0. The second-order valence-corrected chi connectivity index (χ2v) is 8.04. The molecule has 1 amide bonds. The molecule has 0 bridgehead atoms. The molecular formula is C26H32BrN3O2. The first-order valence-electron chi connectivity index (χ1n) is 11.4. The van der Waals surface area contributed by atoms with Gasteiger partial charge in [-0.25, -0.2) is 4.57 Å². The van der Waals surface area contributed by atoms with Crippen molar-refractivity contribution in [3.05, 3.63) is 60.6 Å². The van der Waals surface area contributed by atoms with Crippen LogP contribution in [-0.4, -0.2) is 24.1 Å². The van der Waals surface area contributed by atoms with E-state index in [9.17, 15) is 4.79 Å². The monoisotopic (exact) mass is 497 g/mol. The predicted molar refractivity (Wildman–Crippen MR) is 124 cm³/mol. The van der Waals surface area contributed by atoms with Crippen LogP contribution in [0.25, 0.3) is 16.9 Å². The number of fused-ring (bicyclic) bond motifs is 1. The number of carbonyl (C=O) groups excluding carboxylic acids is 1. The molecule has 0 saturated heterocycles. The Morgan fingerprint density at radius 3 is 2.41 bits per heavy atom. The summed E-state index contributed by atoms with van der Waals surface area (Å²) in [4.78, 5) is 13.8. The molecule has 5 nitrogen and oxygen atoms in total. The minimum Gasteiger partial charge on any atom is -1.00 e. The van der Waals surface area contributed by atoms with E-state index < -0.39 is 0 Å². The molecule has 1 aromatic heterocycles. The van der Waals surface area contributed by atoms with Crippen molar-refractivity contribution < 1.29 is 31.1 Å². The largest absolute Gasteiger partial charge is 1.00 e. The highest BCUT2D eigenvalue weighted by atomic mass is 79.9. The van der Waals surface area contributed by atoms with E-state index in [0.717, 1.165) is 30.1 Å². The maximum atomic E-state index is 12.0. The van der Waals surface area contributed by atoms with E-state index in [-0.39, 0.29) is 22.9 Å². The van der Waals surface area contributed by atoms with Gasteiger partial charge in [-0.15, -0.1) is 0 Å². The SMILES string of the molecule is CCOc1ccc(-n2cc(-c3ccc(N(C)C(=O)CC)cc3)[n+]3c2CCCCC3)cc1.[Br-]. The van der Waals surface area contributed by atoms with Crippen LogP contribution in [0.1, 0.15) is 45.4 Å². The summed E-state index contributed by atoms with van der Waals surface area (Å²) in [5.41, 5.74) is 4.48. The summed E-state index contributed by atoms with van der Waals surface area (Å²) in [6.45, 7) is 5.60. The van der Waals surface area contributed by atoms with Gasteiger partial charge in [0.05, 0.1) is 13.2 Å². The third kappa shape index (κ3) is 4.90. The van der Waals surface area contributed by atoms with Crippen molar-refractivity contribution >= 4 is 11.6 Å². The Kier molecular flexibility index (Phi) is 8.13. The van der Waals surface area contributed by atoms with Crippen molar-refractivity contribution in [1.82, 2.24) is 4.57 Å². The third-order valence-electron chi connectivity index (χ3n) is 6.07. The average Bonchev–Trinajstić information content (AvgIpc) is 2.99. The minimum absolute atomic E-state index is 0. The Hall–Kier alpha value is -2.60. The molecule has 0 atom stereocenters. The summed E-state index contributed by atoms with van der Waals surface area (Å²) < 4.78 is 10.4. The van der Waals surface area contributed by atoms with Gasteiger partial charge in [0, 0.05) is 31.1 Å². The number of aromatic nitrogens is 2. The first-order chi connectivity index (χ1) is 15.1. The van der Waals surface area contributed by atoms with Gasteiger partial charge in [0.15, 0.2) is 5.69 Å². The van der Waals surface area contributed by atoms with E-state index in [1.54, 1.807) is 4.90 Å². The molecule has 4 rings (SSSR count). The van der Waals surface area contributed by atoms with E-state index in [4.69, 9.17) is 4.74 Å². The quantitative estimate of drug-likeness (QED) is 0.488. The van der Waals surface area contributed by atoms with Gasteiger partial charge in [-0.2, -0.15) is 4.57 Å². The van der Waals surface area contributed by atoms with Crippen LogP contribution in [0.3, 0.4) is 0 Å². The number of anilines is 1. The fourth-order valence-electron chi connectivity index (χ4n) is 4.33. The number of imidazole rings is 1. The molecule has 170 valence electrons. The van der Waals surface area contributed by atoms with Gasteiger partial charge in [0.2, 0.25) is 5.91 Å². The number of halogens is 1. The molecule has 32 heavy (non-hydrogen) atoms. The van der Waals surface area contributed by atoms with Gasteiger partial charge < -0.3 is 26.6 Å². The van der Waals surface area contributed by atoms with Gasteiger partial charge in [-0.05, 0) is 74.7 Å². The first kappa shape index (κ1) is 24.1. The fourth-order valence-corrected chi connectivity index (χ4v) is 4.33. The van der Waals surface area contributed by atoms with Crippen LogP contribution in [0, 0.1) is 0 Å². The second kappa shape index (κ2) is 10.8. The lowest BCUT2D eigenvalue weighted by molar-refractivity contribution is -0.692. The van der Waals surface area contributed by atoms with Crippen LogP contribution in [0.2, 0.25) is 0 Å². The molecule has 1 aliphatic rings. The zero-order valence-corrected chi connectivity index (χ0v) is 20.8. The van der Waals surface area contributed by atoms with E-state index in [1.807, 2.05) is 45.2 Å². The van der Waals surface area contributed by atoms with E-state index >= 15 is 0 Å². The highest BCUT2D eigenvalue weighted by molar-refractivity contribution is 5.92. The molecule has 0 spiro atoms. The van der Waals surface area contributed by atoms with Crippen molar-refractivity contribution in [1.29, 1.82) is 0 Å². The van der Waals surface area contributed by atoms with Crippen molar-refractivity contribution in [2.24, 2.45) is 0 Å². The Morgan fingerprint density at radius 2 is 1.75 bits per heavy atom. The van der Waals surface area contributed by atoms with Crippen molar-refractivity contribution in [2.45, 2.75) is 52.5 Å². The molecular weight excluding hydrogens is 466 g/mol. The van der Waals surface area contributed by atoms with Gasteiger partial charge in [0.25, 0.3) is 5.82 Å². The Morgan fingerprint density at radius 1 is 1.03 bits per heavy atom. The molecule has 0 fully saturated rings. The molecule has 3 aromatic rings. The molecule has 0 unspecified atom stereocenters. The topological polar surface area (TPSA) is 38.4 Å². The number of amides is 1. The maximum Gasteiger partial charge on any atom is 0.262 e. The number of carbonyl (C=O) groups is 1. The zero-order valence-electron chi connectivity index (χ0n) is 19.2. The van der Waals surface area contributed by atoms with Crippen molar-refractivity contribution in [2.75, 3.05) is 18.6 Å². The Balaban J connectivity index is 0.00000289. The number of benzene rings is 2. The van der Waals surface area contributed by atoms with Gasteiger partial charge >= 0.3 is 0 Å². The van der Waals surface area contributed by atoms with Crippen LogP contribution >= 0.6 is 0 Å². The molecule has 0 radical (unpaired) electrons. The van der Waals surface area contributed by atoms with Crippen LogP contribution < -0.4 is 31.2 Å². The summed E-state index contributed by atoms with van der Waals surface area (Å²) in [6, 6.07) is 16.7. The predicted octanol–water partition coefficient (Wildman–Crippen LogP) is 1.93. The lowest BCUT2D eigenvalue weighted by Crippen LogP contribution is -3.00. The zero-order chi connectivity index (χ0) is 21.8. The lowest BCUT2D eigenvalue weighted by atomic mass is 10.1. The normalized spacial score (nSPS) is 13.0. The van der Waals surface area contributed by atoms with Crippen LogP contribution in [0.5, 0.6) is 5.75 Å². The minimum atomic E-state index is 0. The molecule has 1 aliphatic heterocycles. The number of hydrogen-bond donors (Lipinski definition) is 0. The number of rotatable bonds is 6. The number of hydrogen-bond acceptors (Lipinski definition) is 2. The summed E-state index contributed by atoms with van der Waals surface area (Å²) in [7, 11) is 1.84. The highest BCUT2D eigenvalue weighted by Crippen LogP contribution is 2.26. The molecule has 2 aromatic carbocycles. The van der Waals surface area contributed by atoms with Crippen LogP contribution in [0.4, 0.5) is 5.69 Å². The van der Waals surface area contributed by atoms with E-state index in [2.05, 4.69) is 39.6 Å². The van der Waals surface area contributed by atoms with Gasteiger partial charge in [0.1, 0.15) is 17.6 Å². The third-order valence-corrected chi connectivity index (χ3v) is 6.07. The van der Waals surface area contributed by atoms with E-state index in [0.29, 0.717) is 13.0 Å². The van der Waals surface area contributed by atoms with E-state index in [1.165, 1.54) is 36.3 Å². The Bertz CT molecular complexity index is 1040. The molecule has 0 N–H and O–H groups in total. The Labute approximate surface area is 201 Å². The summed E-state index contributed by atoms with van der Waals surface area (Å²) in [5, 5.41) is 0.